The maximum Gasteiger partial charge on any atom is 0.133 e. The van der Waals surface area contributed by atoms with Gasteiger partial charge in [0, 0.05) is 13.1 Å². The second kappa shape index (κ2) is 8.90. The highest BCUT2D eigenvalue weighted by molar-refractivity contribution is 8.10. The number of thiol groups is 1. The van der Waals surface area contributed by atoms with E-state index in [-0.39, 0.29) is 0 Å². The van der Waals surface area contributed by atoms with Crippen molar-refractivity contribution in [1.82, 2.24) is 4.90 Å². The van der Waals surface area contributed by atoms with Gasteiger partial charge < -0.3 is 15.1 Å². The van der Waals surface area contributed by atoms with Crippen LogP contribution in [0.3, 0.4) is 0 Å². The zero-order valence-electron chi connectivity index (χ0n) is 12.4. The average molecular weight is 335 g/mol. The summed E-state index contributed by atoms with van der Waals surface area (Å²) in [6.07, 6.45) is -1.03. The Kier molecular flexibility index (Phi) is 7.55. The molecule has 118 valence electrons. The smallest absolute Gasteiger partial charge is 0.133 e. The molecule has 0 saturated heterocycles. The second-order valence-corrected chi connectivity index (χ2v) is 6.04. The molecule has 0 heterocycles. The summed E-state index contributed by atoms with van der Waals surface area (Å²) >= 11 is 9.42. The van der Waals surface area contributed by atoms with Crippen molar-refractivity contribution in [2.24, 2.45) is 0 Å². The third kappa shape index (κ3) is 5.42. The first kappa shape index (κ1) is 18.6. The number of thiocarbonyl (C=S) groups is 1. The van der Waals surface area contributed by atoms with Gasteiger partial charge in [0.25, 0.3) is 0 Å². The fourth-order valence-corrected chi connectivity index (χ4v) is 2.13. The van der Waals surface area contributed by atoms with E-state index in [2.05, 4.69) is 32.4 Å². The van der Waals surface area contributed by atoms with Crippen molar-refractivity contribution < 1.29 is 10.2 Å². The van der Waals surface area contributed by atoms with E-state index in [9.17, 15) is 5.11 Å². The molecular formula is C17H21NO2S2. The lowest BCUT2D eigenvalue weighted by Gasteiger charge is -2.25. The van der Waals surface area contributed by atoms with Crippen LogP contribution in [0.25, 0.3) is 0 Å². The second-order valence-electron chi connectivity index (χ2n) is 4.93. The molecule has 5 heteroatoms. The fraction of sp³-hybridized carbons (Fsp3) is 0.235. The molecule has 0 aliphatic heterocycles. The summed E-state index contributed by atoms with van der Waals surface area (Å²) in [5.41, 5.74) is 2.65. The molecule has 0 saturated carbocycles. The SMILES string of the molecule is C=C(CN(Cc1ccccc1)C(=S)S)C(=C)C(=C)C(O)CO. The Bertz CT molecular complexity index is 569. The van der Waals surface area contributed by atoms with Gasteiger partial charge in [-0.25, -0.2) is 0 Å². The highest BCUT2D eigenvalue weighted by atomic mass is 32.1. The minimum Gasteiger partial charge on any atom is -0.393 e. The molecule has 0 aliphatic carbocycles. The van der Waals surface area contributed by atoms with Gasteiger partial charge in [-0.2, -0.15) is 0 Å². The lowest BCUT2D eigenvalue weighted by Crippen LogP contribution is -2.29. The number of aliphatic hydroxyl groups is 2. The van der Waals surface area contributed by atoms with E-state index in [4.69, 9.17) is 17.3 Å². The van der Waals surface area contributed by atoms with Crippen molar-refractivity contribution >= 4 is 29.2 Å². The largest absolute Gasteiger partial charge is 0.393 e. The summed E-state index contributed by atoms with van der Waals surface area (Å²) < 4.78 is 0.450. The lowest BCUT2D eigenvalue weighted by atomic mass is 9.97. The standard InChI is InChI=1S/C17H21NO2S2/c1-12(13(2)14(3)16(20)11-19)9-18(17(21)22)10-15-7-5-4-6-8-15/h4-8,16,19-20H,1-3,9-11H2,(H,21,22). The molecule has 0 bridgehead atoms. The highest BCUT2D eigenvalue weighted by Crippen LogP contribution is 2.20. The molecule has 1 atom stereocenters. The van der Waals surface area contributed by atoms with E-state index in [0.717, 1.165) is 5.56 Å². The Balaban J connectivity index is 2.75. The zero-order chi connectivity index (χ0) is 16.7. The van der Waals surface area contributed by atoms with Crippen LogP contribution in [0, 0.1) is 0 Å². The number of benzene rings is 1. The predicted molar refractivity (Wildman–Crippen MR) is 98.9 cm³/mol. The van der Waals surface area contributed by atoms with E-state index >= 15 is 0 Å². The van der Waals surface area contributed by atoms with Crippen LogP contribution in [0.5, 0.6) is 0 Å². The van der Waals surface area contributed by atoms with Gasteiger partial charge in [0.1, 0.15) is 10.4 Å². The molecular weight excluding hydrogens is 314 g/mol. The van der Waals surface area contributed by atoms with Gasteiger partial charge in [-0.1, -0.05) is 62.3 Å². The maximum atomic E-state index is 9.62. The van der Waals surface area contributed by atoms with Crippen LogP contribution >= 0.6 is 24.8 Å². The Morgan fingerprint density at radius 1 is 1.23 bits per heavy atom. The van der Waals surface area contributed by atoms with Crippen molar-refractivity contribution in [3.05, 3.63) is 72.4 Å². The molecule has 1 aromatic rings. The number of aliphatic hydroxyl groups excluding tert-OH is 2. The number of hydrogen-bond acceptors (Lipinski definition) is 3. The lowest BCUT2D eigenvalue weighted by molar-refractivity contribution is 0.124. The van der Waals surface area contributed by atoms with Crippen LogP contribution < -0.4 is 0 Å². The Morgan fingerprint density at radius 3 is 2.32 bits per heavy atom. The molecule has 22 heavy (non-hydrogen) atoms. The molecule has 3 nitrogen and oxygen atoms in total. The first-order valence-electron chi connectivity index (χ1n) is 6.73. The van der Waals surface area contributed by atoms with Crippen molar-refractivity contribution in [2.75, 3.05) is 13.2 Å². The van der Waals surface area contributed by atoms with E-state index in [1.54, 1.807) is 0 Å². The van der Waals surface area contributed by atoms with Gasteiger partial charge in [-0.05, 0) is 22.3 Å². The van der Waals surface area contributed by atoms with E-state index in [1.807, 2.05) is 35.2 Å². The van der Waals surface area contributed by atoms with Crippen LogP contribution in [-0.4, -0.2) is 38.7 Å². The minimum absolute atomic E-state index is 0.359. The molecule has 0 spiro atoms. The summed E-state index contributed by atoms with van der Waals surface area (Å²) in [6, 6.07) is 9.88. The van der Waals surface area contributed by atoms with Gasteiger partial charge in [-0.15, -0.1) is 12.6 Å². The van der Waals surface area contributed by atoms with Crippen LogP contribution in [-0.2, 0) is 6.54 Å². The molecule has 1 rings (SSSR count). The van der Waals surface area contributed by atoms with E-state index < -0.39 is 12.7 Å². The predicted octanol–water partition coefficient (Wildman–Crippen LogP) is 2.73. The fourth-order valence-electron chi connectivity index (χ4n) is 1.86. The average Bonchev–Trinajstić information content (AvgIpc) is 2.52. The number of hydrogen-bond donors (Lipinski definition) is 3. The monoisotopic (exact) mass is 335 g/mol. The molecule has 0 amide bonds. The van der Waals surface area contributed by atoms with Gasteiger partial charge >= 0.3 is 0 Å². The molecule has 0 aromatic heterocycles. The molecule has 0 fully saturated rings. The highest BCUT2D eigenvalue weighted by Gasteiger charge is 2.16. The summed E-state index contributed by atoms with van der Waals surface area (Å²) in [7, 11) is 0. The first-order valence-corrected chi connectivity index (χ1v) is 7.59. The summed E-state index contributed by atoms with van der Waals surface area (Å²) in [5, 5.41) is 18.6. The zero-order valence-corrected chi connectivity index (χ0v) is 14.1. The van der Waals surface area contributed by atoms with E-state index in [0.29, 0.717) is 34.1 Å². The normalized spacial score (nSPS) is 11.6. The summed E-state index contributed by atoms with van der Waals surface area (Å²) in [5.74, 6) is 0. The maximum absolute atomic E-state index is 9.62. The first-order chi connectivity index (χ1) is 10.4. The third-order valence-electron chi connectivity index (χ3n) is 3.26. The topological polar surface area (TPSA) is 43.7 Å². The molecule has 1 aromatic carbocycles. The third-order valence-corrected chi connectivity index (χ3v) is 3.80. The van der Waals surface area contributed by atoms with Gasteiger partial charge in [0.15, 0.2) is 0 Å². The van der Waals surface area contributed by atoms with Crippen LogP contribution in [0.1, 0.15) is 5.56 Å². The minimum atomic E-state index is -1.03. The molecule has 0 aliphatic rings. The van der Waals surface area contributed by atoms with Crippen molar-refractivity contribution in [1.29, 1.82) is 0 Å². The molecule has 0 radical (unpaired) electrons. The van der Waals surface area contributed by atoms with Gasteiger partial charge in [0.2, 0.25) is 0 Å². The van der Waals surface area contributed by atoms with Crippen molar-refractivity contribution in [3.63, 3.8) is 0 Å². The van der Waals surface area contributed by atoms with Crippen molar-refractivity contribution in [2.45, 2.75) is 12.6 Å². The Morgan fingerprint density at radius 2 is 1.82 bits per heavy atom. The van der Waals surface area contributed by atoms with Crippen LogP contribution in [0.2, 0.25) is 0 Å². The molecule has 1 unspecified atom stereocenters. The number of rotatable bonds is 8. The van der Waals surface area contributed by atoms with Crippen LogP contribution in [0.4, 0.5) is 0 Å². The van der Waals surface area contributed by atoms with Crippen molar-refractivity contribution in [3.8, 4) is 0 Å². The number of nitrogens with zero attached hydrogens (tertiary/aromatic N) is 1. The van der Waals surface area contributed by atoms with Gasteiger partial charge in [0.05, 0.1) is 6.61 Å². The summed E-state index contributed by atoms with van der Waals surface area (Å²) in [4.78, 5) is 1.87. The molecule has 2 N–H and O–H groups in total. The van der Waals surface area contributed by atoms with Gasteiger partial charge in [-0.3, -0.25) is 0 Å². The Hall–Kier alpha value is -1.40. The van der Waals surface area contributed by atoms with E-state index in [1.165, 1.54) is 0 Å². The summed E-state index contributed by atoms with van der Waals surface area (Å²) in [6.45, 7) is 12.2. The quantitative estimate of drug-likeness (QED) is 0.388. The van der Waals surface area contributed by atoms with Crippen LogP contribution in [0.15, 0.2) is 66.8 Å². The Labute approximate surface area is 142 Å².